The van der Waals surface area contributed by atoms with Gasteiger partial charge in [0.2, 0.25) is 5.28 Å². The number of halogens is 2. The maximum Gasteiger partial charge on any atom is 0.225 e. The summed E-state index contributed by atoms with van der Waals surface area (Å²) in [5, 5.41) is 0.406. The monoisotopic (exact) mass is 320 g/mol. The topological polar surface area (TPSA) is 43.6 Å². The van der Waals surface area contributed by atoms with Crippen molar-refractivity contribution in [2.24, 2.45) is 0 Å². The molecule has 0 bridgehead atoms. The zero-order chi connectivity index (χ0) is 15.0. The van der Waals surface area contributed by atoms with Crippen molar-refractivity contribution < 1.29 is 0 Å². The minimum atomic E-state index is 0.129. The lowest BCUT2D eigenvalue weighted by molar-refractivity contribution is 0.808. The first-order valence-corrected chi connectivity index (χ1v) is 7.43. The third kappa shape index (κ3) is 2.87. The molecule has 0 saturated carbocycles. The Hall–Kier alpha value is -1.65. The van der Waals surface area contributed by atoms with Gasteiger partial charge in [-0.1, -0.05) is 49.7 Å². The number of aromatic nitrogens is 4. The second-order valence-electron chi connectivity index (χ2n) is 5.22. The lowest BCUT2D eigenvalue weighted by Crippen LogP contribution is -2.00. The lowest BCUT2D eigenvalue weighted by atomic mass is 10.0. The molecule has 0 fully saturated rings. The largest absolute Gasteiger partial charge is 0.311 e. The summed E-state index contributed by atoms with van der Waals surface area (Å²) in [7, 11) is 0. The van der Waals surface area contributed by atoms with Crippen molar-refractivity contribution in [3.63, 3.8) is 0 Å². The van der Waals surface area contributed by atoms with Crippen LogP contribution in [0.4, 0.5) is 0 Å². The summed E-state index contributed by atoms with van der Waals surface area (Å²) < 4.78 is 1.92. The Morgan fingerprint density at radius 1 is 1.10 bits per heavy atom. The molecule has 0 aliphatic rings. The Balaban J connectivity index is 1.94. The molecule has 108 valence electrons. The molecule has 4 nitrogen and oxygen atoms in total. The third-order valence-corrected chi connectivity index (χ3v) is 3.83. The van der Waals surface area contributed by atoms with E-state index in [0.717, 1.165) is 0 Å². The molecule has 0 spiro atoms. The van der Waals surface area contributed by atoms with Gasteiger partial charge in [0, 0.05) is 0 Å². The van der Waals surface area contributed by atoms with Crippen LogP contribution in [-0.4, -0.2) is 19.5 Å². The lowest BCUT2D eigenvalue weighted by Gasteiger charge is -2.08. The zero-order valence-corrected chi connectivity index (χ0v) is 13.2. The molecule has 0 aliphatic carbocycles. The molecule has 21 heavy (non-hydrogen) atoms. The number of benzene rings is 1. The van der Waals surface area contributed by atoms with Crippen molar-refractivity contribution >= 4 is 34.4 Å². The standard InChI is InChI=1S/C15H14Cl2N4/c1-9(2)11-5-3-10(4-6-11)7-21-8-18-12-13(16)19-15(17)20-14(12)21/h3-6,8-9H,7H2,1-2H3. The number of hydrogen-bond acceptors (Lipinski definition) is 3. The van der Waals surface area contributed by atoms with Crippen molar-refractivity contribution in [2.75, 3.05) is 0 Å². The summed E-state index contributed by atoms with van der Waals surface area (Å²) in [5.41, 5.74) is 3.71. The number of imidazole rings is 1. The molecule has 0 amide bonds. The molecule has 0 unspecified atom stereocenters. The van der Waals surface area contributed by atoms with E-state index in [1.165, 1.54) is 11.1 Å². The number of hydrogen-bond donors (Lipinski definition) is 0. The second-order valence-corrected chi connectivity index (χ2v) is 5.92. The predicted molar refractivity (Wildman–Crippen MR) is 85.0 cm³/mol. The molecule has 0 radical (unpaired) electrons. The van der Waals surface area contributed by atoms with E-state index in [2.05, 4.69) is 53.1 Å². The van der Waals surface area contributed by atoms with Gasteiger partial charge in [-0.3, -0.25) is 0 Å². The molecule has 2 heterocycles. The molecule has 1 aromatic carbocycles. The summed E-state index contributed by atoms with van der Waals surface area (Å²) in [6.07, 6.45) is 1.71. The number of nitrogens with zero attached hydrogens (tertiary/aromatic N) is 4. The zero-order valence-electron chi connectivity index (χ0n) is 11.7. The summed E-state index contributed by atoms with van der Waals surface area (Å²) in [6.45, 7) is 5.02. The summed E-state index contributed by atoms with van der Waals surface area (Å²) >= 11 is 11.9. The predicted octanol–water partition coefficient (Wildman–Crippen LogP) is 4.30. The molecule has 0 aliphatic heterocycles. The van der Waals surface area contributed by atoms with Crippen LogP contribution in [0.2, 0.25) is 10.4 Å². The average Bonchev–Trinajstić information content (AvgIpc) is 2.83. The van der Waals surface area contributed by atoms with Gasteiger partial charge in [0.15, 0.2) is 10.8 Å². The van der Waals surface area contributed by atoms with Crippen molar-refractivity contribution in [1.82, 2.24) is 19.5 Å². The van der Waals surface area contributed by atoms with Crippen LogP contribution in [0.15, 0.2) is 30.6 Å². The molecular weight excluding hydrogens is 307 g/mol. The third-order valence-electron chi connectivity index (χ3n) is 3.39. The quantitative estimate of drug-likeness (QED) is 0.533. The van der Waals surface area contributed by atoms with Gasteiger partial charge in [-0.05, 0) is 28.6 Å². The molecule has 0 saturated heterocycles. The Kier molecular flexibility index (Phi) is 3.83. The van der Waals surface area contributed by atoms with Crippen LogP contribution in [-0.2, 0) is 6.54 Å². The first-order chi connectivity index (χ1) is 10.0. The van der Waals surface area contributed by atoms with E-state index in [4.69, 9.17) is 23.2 Å². The summed E-state index contributed by atoms with van der Waals surface area (Å²) in [6, 6.07) is 8.53. The van der Waals surface area contributed by atoms with Gasteiger partial charge in [0.25, 0.3) is 0 Å². The smallest absolute Gasteiger partial charge is 0.225 e. The van der Waals surface area contributed by atoms with Gasteiger partial charge in [0.1, 0.15) is 5.52 Å². The van der Waals surface area contributed by atoms with Gasteiger partial charge in [0.05, 0.1) is 12.9 Å². The van der Waals surface area contributed by atoms with E-state index >= 15 is 0 Å². The fourth-order valence-corrected chi connectivity index (χ4v) is 2.63. The van der Waals surface area contributed by atoms with Gasteiger partial charge < -0.3 is 4.57 Å². The average molecular weight is 321 g/mol. The van der Waals surface area contributed by atoms with E-state index in [0.29, 0.717) is 23.6 Å². The van der Waals surface area contributed by atoms with Gasteiger partial charge >= 0.3 is 0 Å². The van der Waals surface area contributed by atoms with Crippen LogP contribution < -0.4 is 0 Å². The van der Waals surface area contributed by atoms with Crippen LogP contribution in [0.25, 0.3) is 11.2 Å². The van der Waals surface area contributed by atoms with Crippen molar-refractivity contribution in [3.05, 3.63) is 52.2 Å². The van der Waals surface area contributed by atoms with E-state index < -0.39 is 0 Å². The number of rotatable bonds is 3. The molecule has 3 rings (SSSR count). The Bertz CT molecular complexity index is 778. The highest BCUT2D eigenvalue weighted by atomic mass is 35.5. The van der Waals surface area contributed by atoms with Crippen LogP contribution >= 0.6 is 23.2 Å². The molecule has 0 N–H and O–H groups in total. The Morgan fingerprint density at radius 3 is 2.48 bits per heavy atom. The Morgan fingerprint density at radius 2 is 1.81 bits per heavy atom. The van der Waals surface area contributed by atoms with Crippen LogP contribution in [0.3, 0.4) is 0 Å². The van der Waals surface area contributed by atoms with Crippen LogP contribution in [0, 0.1) is 0 Å². The van der Waals surface area contributed by atoms with Crippen LogP contribution in [0.5, 0.6) is 0 Å². The van der Waals surface area contributed by atoms with Gasteiger partial charge in [-0.15, -0.1) is 0 Å². The van der Waals surface area contributed by atoms with Crippen molar-refractivity contribution in [2.45, 2.75) is 26.3 Å². The highest BCUT2D eigenvalue weighted by Gasteiger charge is 2.11. The van der Waals surface area contributed by atoms with E-state index in [9.17, 15) is 0 Å². The SMILES string of the molecule is CC(C)c1ccc(Cn2cnc3c(Cl)nc(Cl)nc32)cc1. The van der Waals surface area contributed by atoms with Crippen LogP contribution in [0.1, 0.15) is 30.9 Å². The fraction of sp³-hybridized carbons (Fsp3) is 0.267. The second kappa shape index (κ2) is 5.62. The minimum absolute atomic E-state index is 0.129. The maximum atomic E-state index is 6.02. The highest BCUT2D eigenvalue weighted by Crippen LogP contribution is 2.22. The van der Waals surface area contributed by atoms with E-state index in [-0.39, 0.29) is 10.4 Å². The molecule has 2 aromatic heterocycles. The first-order valence-electron chi connectivity index (χ1n) is 6.67. The van der Waals surface area contributed by atoms with Crippen molar-refractivity contribution in [1.29, 1.82) is 0 Å². The Labute approximate surface area is 132 Å². The molecule has 6 heteroatoms. The minimum Gasteiger partial charge on any atom is -0.311 e. The van der Waals surface area contributed by atoms with Gasteiger partial charge in [-0.2, -0.15) is 4.98 Å². The maximum absolute atomic E-state index is 6.02. The summed E-state index contributed by atoms with van der Waals surface area (Å²) in [5.74, 6) is 0.526. The van der Waals surface area contributed by atoms with Crippen molar-refractivity contribution in [3.8, 4) is 0 Å². The molecular formula is C15H14Cl2N4. The van der Waals surface area contributed by atoms with Gasteiger partial charge in [-0.25, -0.2) is 9.97 Å². The summed E-state index contributed by atoms with van der Waals surface area (Å²) in [4.78, 5) is 12.4. The fourth-order valence-electron chi connectivity index (χ4n) is 2.21. The number of fused-ring (bicyclic) bond motifs is 1. The van der Waals surface area contributed by atoms with E-state index in [1.807, 2.05) is 4.57 Å². The highest BCUT2D eigenvalue weighted by molar-refractivity contribution is 6.35. The molecule has 0 atom stereocenters. The first kappa shape index (κ1) is 14.3. The van der Waals surface area contributed by atoms with E-state index in [1.54, 1.807) is 6.33 Å². The molecule has 3 aromatic rings. The normalized spacial score (nSPS) is 11.5.